The van der Waals surface area contributed by atoms with E-state index in [-0.39, 0.29) is 41.3 Å². The highest BCUT2D eigenvalue weighted by atomic mass is 16.5. The fourth-order valence-corrected chi connectivity index (χ4v) is 3.86. The number of hydrogen-bond acceptors (Lipinski definition) is 7. The number of carbonyl (C=O) groups is 3. The summed E-state index contributed by atoms with van der Waals surface area (Å²) in [5.41, 5.74) is 4.11. The van der Waals surface area contributed by atoms with Gasteiger partial charge in [-0.2, -0.15) is 9.61 Å². The number of primary amides is 1. The molecular formula is C22H28N6O6. The molecule has 182 valence electrons. The number of aromatic nitrogens is 3. The Bertz CT molecular complexity index is 1230. The van der Waals surface area contributed by atoms with Crippen LogP contribution in [-0.2, 0) is 16.1 Å². The molecule has 1 aliphatic carbocycles. The summed E-state index contributed by atoms with van der Waals surface area (Å²) in [5.74, 6) is -2.47. The van der Waals surface area contributed by atoms with Crippen molar-refractivity contribution in [2.24, 2.45) is 11.7 Å². The van der Waals surface area contributed by atoms with Crippen molar-refractivity contribution in [3.05, 3.63) is 33.3 Å². The van der Waals surface area contributed by atoms with E-state index >= 15 is 0 Å². The quantitative estimate of drug-likeness (QED) is 0.467. The average Bonchev–Trinajstić information content (AvgIpc) is 3.52. The number of nitrogens with zero attached hydrogens (tertiary/aromatic N) is 4. The molecule has 3 heterocycles. The standard InChI is InChI=1S/C22H28N6O6/c1-12(2)11-27-20-14(5-6-15(29)26-7-9-34-10-8-26)17(18(23)30)25-28(20)22(33)16(21(27)32)19(31)24-13-3-4-13/h5-6,12-13,32H,3-4,7-11H2,1-2H3,(H2,23,30)(H,24,31). The minimum atomic E-state index is -0.916. The van der Waals surface area contributed by atoms with Gasteiger partial charge in [0.25, 0.3) is 17.4 Å². The molecule has 2 aromatic rings. The number of nitrogens with one attached hydrogen (secondary N) is 1. The van der Waals surface area contributed by atoms with Crippen LogP contribution < -0.4 is 16.6 Å². The number of rotatable bonds is 7. The highest BCUT2D eigenvalue weighted by molar-refractivity contribution is 6.01. The van der Waals surface area contributed by atoms with Crippen molar-refractivity contribution in [1.29, 1.82) is 0 Å². The van der Waals surface area contributed by atoms with Crippen molar-refractivity contribution < 1.29 is 24.2 Å². The van der Waals surface area contributed by atoms with Crippen LogP contribution in [-0.4, -0.2) is 74.3 Å². The van der Waals surface area contributed by atoms with E-state index in [9.17, 15) is 24.3 Å². The summed E-state index contributed by atoms with van der Waals surface area (Å²) in [6.07, 6.45) is 4.23. The van der Waals surface area contributed by atoms with Gasteiger partial charge in [-0.15, -0.1) is 0 Å². The van der Waals surface area contributed by atoms with Crippen LogP contribution in [0, 0.1) is 5.92 Å². The van der Waals surface area contributed by atoms with Crippen LogP contribution in [0.3, 0.4) is 0 Å². The van der Waals surface area contributed by atoms with E-state index in [1.165, 1.54) is 16.7 Å². The van der Waals surface area contributed by atoms with Crippen LogP contribution in [0.1, 0.15) is 53.1 Å². The monoisotopic (exact) mass is 472 g/mol. The van der Waals surface area contributed by atoms with Gasteiger partial charge in [-0.1, -0.05) is 13.8 Å². The number of nitrogens with two attached hydrogens (primary N) is 1. The molecule has 0 spiro atoms. The molecule has 0 atom stereocenters. The predicted octanol–water partition coefficient (Wildman–Crippen LogP) is -0.279. The van der Waals surface area contributed by atoms with Gasteiger partial charge in [0.15, 0.2) is 16.9 Å². The molecule has 12 nitrogen and oxygen atoms in total. The maximum Gasteiger partial charge on any atom is 0.291 e. The van der Waals surface area contributed by atoms with E-state index in [0.29, 0.717) is 26.3 Å². The number of ether oxygens (including phenoxy) is 1. The molecule has 0 unspecified atom stereocenters. The largest absolute Gasteiger partial charge is 0.494 e. The van der Waals surface area contributed by atoms with E-state index in [0.717, 1.165) is 17.4 Å². The molecular weight excluding hydrogens is 444 g/mol. The molecule has 0 radical (unpaired) electrons. The fraction of sp³-hybridized carbons (Fsp3) is 0.500. The predicted molar refractivity (Wildman–Crippen MR) is 121 cm³/mol. The van der Waals surface area contributed by atoms with Gasteiger partial charge in [0, 0.05) is 31.8 Å². The Labute approximate surface area is 195 Å². The number of hydrogen-bond donors (Lipinski definition) is 3. The Morgan fingerprint density at radius 3 is 2.53 bits per heavy atom. The van der Waals surface area contributed by atoms with Crippen LogP contribution in [0.4, 0.5) is 0 Å². The Morgan fingerprint density at radius 2 is 1.94 bits per heavy atom. The maximum atomic E-state index is 13.2. The van der Waals surface area contributed by atoms with Crippen molar-refractivity contribution in [2.45, 2.75) is 39.3 Å². The molecule has 1 saturated heterocycles. The summed E-state index contributed by atoms with van der Waals surface area (Å²) in [6.45, 7) is 5.70. The lowest BCUT2D eigenvalue weighted by molar-refractivity contribution is -0.129. The lowest BCUT2D eigenvalue weighted by atomic mass is 10.1. The summed E-state index contributed by atoms with van der Waals surface area (Å²) < 4.78 is 7.50. The van der Waals surface area contributed by atoms with Crippen LogP contribution in [0.25, 0.3) is 11.7 Å². The zero-order valence-electron chi connectivity index (χ0n) is 19.1. The van der Waals surface area contributed by atoms with E-state index in [4.69, 9.17) is 10.5 Å². The molecule has 1 saturated carbocycles. The number of fused-ring (bicyclic) bond motifs is 1. The van der Waals surface area contributed by atoms with Crippen molar-refractivity contribution in [2.75, 3.05) is 26.3 Å². The third-order valence-corrected chi connectivity index (χ3v) is 5.67. The van der Waals surface area contributed by atoms with Gasteiger partial charge in [0.05, 0.1) is 18.8 Å². The van der Waals surface area contributed by atoms with Gasteiger partial charge in [-0.05, 0) is 24.8 Å². The second-order valence-corrected chi connectivity index (χ2v) is 8.89. The minimum Gasteiger partial charge on any atom is -0.494 e. The summed E-state index contributed by atoms with van der Waals surface area (Å²) in [5, 5.41) is 17.8. The average molecular weight is 473 g/mol. The van der Waals surface area contributed by atoms with Gasteiger partial charge in [0.2, 0.25) is 11.8 Å². The SMILES string of the molecule is CC(C)Cn1c(O)c(C(=O)NC2CC2)c(=O)n2nc(C(N)=O)c(C=CC(=O)N3CCOCC3)c12. The molecule has 34 heavy (non-hydrogen) atoms. The molecule has 1 aliphatic heterocycles. The lowest BCUT2D eigenvalue weighted by Gasteiger charge is -2.25. The normalized spacial score (nSPS) is 16.5. The van der Waals surface area contributed by atoms with Crippen molar-refractivity contribution in [1.82, 2.24) is 24.4 Å². The first-order valence-electron chi connectivity index (χ1n) is 11.2. The Morgan fingerprint density at radius 1 is 1.26 bits per heavy atom. The van der Waals surface area contributed by atoms with E-state index < -0.39 is 28.8 Å². The molecule has 4 N–H and O–H groups in total. The van der Waals surface area contributed by atoms with E-state index in [2.05, 4.69) is 10.4 Å². The van der Waals surface area contributed by atoms with E-state index in [1.54, 1.807) is 4.90 Å². The Balaban J connectivity index is 1.88. The van der Waals surface area contributed by atoms with Gasteiger partial charge >= 0.3 is 0 Å². The van der Waals surface area contributed by atoms with Crippen molar-refractivity contribution in [3.8, 4) is 5.88 Å². The first kappa shape index (κ1) is 23.5. The molecule has 2 fully saturated rings. The van der Waals surface area contributed by atoms with Crippen LogP contribution in [0.5, 0.6) is 5.88 Å². The lowest BCUT2D eigenvalue weighted by Crippen LogP contribution is -2.39. The maximum absolute atomic E-state index is 13.2. The molecule has 2 aromatic heterocycles. The molecule has 12 heteroatoms. The van der Waals surface area contributed by atoms with E-state index in [1.807, 2.05) is 13.8 Å². The summed E-state index contributed by atoms with van der Waals surface area (Å²) in [4.78, 5) is 52.4. The molecule has 0 bridgehead atoms. The third kappa shape index (κ3) is 4.53. The fourth-order valence-electron chi connectivity index (χ4n) is 3.86. The van der Waals surface area contributed by atoms with Gasteiger partial charge in [0.1, 0.15) is 0 Å². The second-order valence-electron chi connectivity index (χ2n) is 8.89. The summed E-state index contributed by atoms with van der Waals surface area (Å²) in [6, 6.07) is -0.0379. The Hall–Kier alpha value is -3.67. The zero-order chi connectivity index (χ0) is 24.6. The number of aromatic hydroxyl groups is 1. The number of morpholine rings is 1. The minimum absolute atomic E-state index is 0.00437. The van der Waals surface area contributed by atoms with Gasteiger partial charge < -0.3 is 25.8 Å². The first-order chi connectivity index (χ1) is 16.2. The van der Waals surface area contributed by atoms with Crippen molar-refractivity contribution in [3.63, 3.8) is 0 Å². The van der Waals surface area contributed by atoms with Gasteiger partial charge in [-0.25, -0.2) is 0 Å². The second kappa shape index (κ2) is 9.29. The molecule has 2 aliphatic rings. The summed E-state index contributed by atoms with van der Waals surface area (Å²) >= 11 is 0. The van der Waals surface area contributed by atoms with Crippen LogP contribution in [0.15, 0.2) is 10.9 Å². The van der Waals surface area contributed by atoms with Crippen molar-refractivity contribution >= 4 is 29.4 Å². The number of carbonyl (C=O) groups excluding carboxylic acids is 3. The third-order valence-electron chi connectivity index (χ3n) is 5.67. The Kier molecular flexibility index (Phi) is 6.42. The molecule has 4 rings (SSSR count). The number of amides is 3. The topological polar surface area (TPSA) is 161 Å². The molecule has 3 amide bonds. The van der Waals surface area contributed by atoms with Crippen LogP contribution >= 0.6 is 0 Å². The molecule has 0 aromatic carbocycles. The van der Waals surface area contributed by atoms with Gasteiger partial charge in [-0.3, -0.25) is 23.7 Å². The first-order valence-corrected chi connectivity index (χ1v) is 11.2. The highest BCUT2D eigenvalue weighted by Crippen LogP contribution is 2.26. The highest BCUT2D eigenvalue weighted by Gasteiger charge is 2.31. The van der Waals surface area contributed by atoms with Crippen LogP contribution in [0.2, 0.25) is 0 Å². The zero-order valence-corrected chi connectivity index (χ0v) is 19.1. The summed E-state index contributed by atoms with van der Waals surface area (Å²) in [7, 11) is 0. The smallest absolute Gasteiger partial charge is 0.291 e.